The zero-order valence-electron chi connectivity index (χ0n) is 7.11. The van der Waals surface area contributed by atoms with Crippen LogP contribution in [0.2, 0.25) is 0 Å². The minimum Gasteiger partial charge on any atom is -0.288 e. The van der Waals surface area contributed by atoms with E-state index in [-0.39, 0.29) is 5.78 Å². The van der Waals surface area contributed by atoms with Crippen molar-refractivity contribution >= 4 is 39.9 Å². The van der Waals surface area contributed by atoms with Crippen molar-refractivity contribution in [1.29, 1.82) is 0 Å². The largest absolute Gasteiger partial charge is 0.288 e. The van der Waals surface area contributed by atoms with Crippen molar-refractivity contribution in [2.24, 2.45) is 0 Å². The first-order valence-electron chi connectivity index (χ1n) is 3.98. The Morgan fingerprint density at radius 1 is 1.21 bits per heavy atom. The highest BCUT2D eigenvalue weighted by Gasteiger charge is 2.09. The van der Waals surface area contributed by atoms with Crippen LogP contribution < -0.4 is 0 Å². The van der Waals surface area contributed by atoms with Gasteiger partial charge in [-0.2, -0.15) is 0 Å². The molecule has 70 valence electrons. The number of carbonyl (C=O) groups is 1. The quantitative estimate of drug-likeness (QED) is 0.630. The molecule has 14 heavy (non-hydrogen) atoms. The van der Waals surface area contributed by atoms with E-state index in [2.05, 4.69) is 27.0 Å². The summed E-state index contributed by atoms with van der Waals surface area (Å²) in [6.07, 6.45) is 1.64. The highest BCUT2D eigenvalue weighted by Crippen LogP contribution is 2.14. The predicted octanol–water partition coefficient (Wildman–Crippen LogP) is 2.98. The van der Waals surface area contributed by atoms with Crippen LogP contribution in [0.4, 0.5) is 0 Å². The third kappa shape index (κ3) is 2.01. The Balaban J connectivity index is 2.33. The van der Waals surface area contributed by atoms with E-state index in [1.54, 1.807) is 12.3 Å². The Bertz CT molecular complexity index is 436. The van der Waals surface area contributed by atoms with Gasteiger partial charge in [0.2, 0.25) is 5.78 Å². The minimum absolute atomic E-state index is 0.0453. The van der Waals surface area contributed by atoms with Crippen LogP contribution in [0.1, 0.15) is 15.2 Å². The summed E-state index contributed by atoms with van der Waals surface area (Å²) in [5.74, 6) is 0.0453. The first kappa shape index (κ1) is 9.79. The fourth-order valence-electron chi connectivity index (χ4n) is 1.08. The SMILES string of the molecule is O=C(c1ccc(I)cc1)c1ccns1. The molecule has 4 heteroatoms. The molecular formula is C10H6INOS. The van der Waals surface area contributed by atoms with Crippen LogP contribution in [0, 0.1) is 3.57 Å². The molecule has 1 aromatic heterocycles. The van der Waals surface area contributed by atoms with Crippen LogP contribution in [0.15, 0.2) is 36.5 Å². The number of aromatic nitrogens is 1. The van der Waals surface area contributed by atoms with Crippen LogP contribution in [-0.4, -0.2) is 10.2 Å². The second-order valence-electron chi connectivity index (χ2n) is 2.71. The van der Waals surface area contributed by atoms with E-state index < -0.39 is 0 Å². The number of carbonyl (C=O) groups excluding carboxylic acids is 1. The van der Waals surface area contributed by atoms with E-state index in [0.29, 0.717) is 4.88 Å². The third-order valence-corrected chi connectivity index (χ3v) is 3.23. The Labute approximate surface area is 99.3 Å². The molecule has 1 aromatic carbocycles. The smallest absolute Gasteiger partial charge is 0.204 e. The summed E-state index contributed by atoms with van der Waals surface area (Å²) in [5, 5.41) is 0. The van der Waals surface area contributed by atoms with Gasteiger partial charge in [-0.3, -0.25) is 4.79 Å². The number of hydrogen-bond acceptors (Lipinski definition) is 3. The maximum atomic E-state index is 11.8. The van der Waals surface area contributed by atoms with Crippen molar-refractivity contribution in [2.45, 2.75) is 0 Å². The average Bonchev–Trinajstić information content (AvgIpc) is 2.71. The Hall–Kier alpha value is -0.750. The lowest BCUT2D eigenvalue weighted by molar-refractivity contribution is 0.104. The molecule has 2 nitrogen and oxygen atoms in total. The van der Waals surface area contributed by atoms with Crippen molar-refractivity contribution in [3.63, 3.8) is 0 Å². The van der Waals surface area contributed by atoms with Crippen LogP contribution in [0.3, 0.4) is 0 Å². The second-order valence-corrected chi connectivity index (χ2v) is 4.79. The van der Waals surface area contributed by atoms with Gasteiger partial charge in [-0.25, -0.2) is 4.37 Å². The van der Waals surface area contributed by atoms with Gasteiger partial charge in [0.15, 0.2) is 0 Å². The summed E-state index contributed by atoms with van der Waals surface area (Å²) < 4.78 is 5.03. The molecule has 2 rings (SSSR count). The number of benzene rings is 1. The van der Waals surface area contributed by atoms with Crippen LogP contribution in [0.5, 0.6) is 0 Å². The van der Waals surface area contributed by atoms with Crippen LogP contribution >= 0.6 is 34.1 Å². The van der Waals surface area contributed by atoms with Gasteiger partial charge in [0.1, 0.15) is 0 Å². The molecule has 0 N–H and O–H groups in total. The fourth-order valence-corrected chi connectivity index (χ4v) is 1.99. The molecule has 1 heterocycles. The molecule has 0 fully saturated rings. The van der Waals surface area contributed by atoms with E-state index in [0.717, 1.165) is 9.13 Å². The Morgan fingerprint density at radius 2 is 1.93 bits per heavy atom. The number of rotatable bonds is 2. The molecule has 0 radical (unpaired) electrons. The highest BCUT2D eigenvalue weighted by molar-refractivity contribution is 14.1. The summed E-state index contributed by atoms with van der Waals surface area (Å²) in [5.41, 5.74) is 0.717. The van der Waals surface area contributed by atoms with Gasteiger partial charge >= 0.3 is 0 Å². The lowest BCUT2D eigenvalue weighted by atomic mass is 10.1. The molecule has 0 atom stereocenters. The molecule has 0 aliphatic heterocycles. The predicted molar refractivity (Wildman–Crippen MR) is 64.7 cm³/mol. The summed E-state index contributed by atoms with van der Waals surface area (Å²) >= 11 is 3.44. The monoisotopic (exact) mass is 315 g/mol. The first-order chi connectivity index (χ1) is 6.77. The van der Waals surface area contributed by atoms with Gasteiger partial charge in [0.25, 0.3) is 0 Å². The van der Waals surface area contributed by atoms with Crippen molar-refractivity contribution in [1.82, 2.24) is 4.37 Å². The maximum Gasteiger partial charge on any atom is 0.204 e. The Morgan fingerprint density at radius 3 is 2.50 bits per heavy atom. The maximum absolute atomic E-state index is 11.8. The average molecular weight is 315 g/mol. The Kier molecular flexibility index (Phi) is 2.93. The number of hydrogen-bond donors (Lipinski definition) is 0. The second kappa shape index (κ2) is 4.18. The molecule has 0 bridgehead atoms. The van der Waals surface area contributed by atoms with Crippen molar-refractivity contribution in [3.05, 3.63) is 50.5 Å². The fraction of sp³-hybridized carbons (Fsp3) is 0. The lowest BCUT2D eigenvalue weighted by Gasteiger charge is -1.96. The van der Waals surface area contributed by atoms with E-state index in [4.69, 9.17) is 0 Å². The van der Waals surface area contributed by atoms with E-state index in [1.807, 2.05) is 24.3 Å². The van der Waals surface area contributed by atoms with Gasteiger partial charge in [-0.05, 0) is 64.5 Å². The summed E-state index contributed by atoms with van der Waals surface area (Å²) in [6.45, 7) is 0. The summed E-state index contributed by atoms with van der Waals surface area (Å²) in [6, 6.07) is 9.27. The first-order valence-corrected chi connectivity index (χ1v) is 5.83. The zero-order chi connectivity index (χ0) is 9.97. The molecule has 0 amide bonds. The molecular weight excluding hydrogens is 309 g/mol. The van der Waals surface area contributed by atoms with Gasteiger partial charge in [-0.1, -0.05) is 0 Å². The normalized spacial score (nSPS) is 10.1. The van der Waals surface area contributed by atoms with Crippen LogP contribution in [0.25, 0.3) is 0 Å². The molecule has 0 aliphatic carbocycles. The van der Waals surface area contributed by atoms with Crippen molar-refractivity contribution in [3.8, 4) is 0 Å². The molecule has 0 aliphatic rings. The molecule has 0 saturated heterocycles. The lowest BCUT2D eigenvalue weighted by Crippen LogP contribution is -1.97. The van der Waals surface area contributed by atoms with E-state index >= 15 is 0 Å². The topological polar surface area (TPSA) is 30.0 Å². The van der Waals surface area contributed by atoms with E-state index in [1.165, 1.54) is 11.5 Å². The summed E-state index contributed by atoms with van der Waals surface area (Å²) in [7, 11) is 0. The standard InChI is InChI=1S/C10H6INOS/c11-8-3-1-7(2-4-8)10(13)9-5-6-12-14-9/h1-6H. The summed E-state index contributed by atoms with van der Waals surface area (Å²) in [4.78, 5) is 12.5. The van der Waals surface area contributed by atoms with Crippen molar-refractivity contribution < 1.29 is 4.79 Å². The molecule has 0 spiro atoms. The number of ketones is 1. The van der Waals surface area contributed by atoms with Gasteiger partial charge < -0.3 is 0 Å². The van der Waals surface area contributed by atoms with Gasteiger partial charge in [0.05, 0.1) is 4.88 Å². The molecule has 2 aromatic rings. The molecule has 0 saturated carbocycles. The van der Waals surface area contributed by atoms with Gasteiger partial charge in [0, 0.05) is 15.3 Å². The number of halogens is 1. The van der Waals surface area contributed by atoms with E-state index in [9.17, 15) is 4.79 Å². The molecule has 0 unspecified atom stereocenters. The van der Waals surface area contributed by atoms with Gasteiger partial charge in [-0.15, -0.1) is 0 Å². The van der Waals surface area contributed by atoms with Crippen LogP contribution in [-0.2, 0) is 0 Å². The highest BCUT2D eigenvalue weighted by atomic mass is 127. The van der Waals surface area contributed by atoms with Crippen molar-refractivity contribution in [2.75, 3.05) is 0 Å². The zero-order valence-corrected chi connectivity index (χ0v) is 10.1. The minimum atomic E-state index is 0.0453. The number of nitrogens with zero attached hydrogens (tertiary/aromatic N) is 1. The third-order valence-electron chi connectivity index (χ3n) is 1.77.